The number of nitrogens with zero attached hydrogens (tertiary/aromatic N) is 1. The molecule has 2 heterocycles. The molecular weight excluding hydrogens is 336 g/mol. The summed E-state index contributed by atoms with van der Waals surface area (Å²) in [7, 11) is 0. The van der Waals surface area contributed by atoms with Crippen LogP contribution in [-0.4, -0.2) is 23.5 Å². The molecule has 0 saturated carbocycles. The van der Waals surface area contributed by atoms with Crippen LogP contribution in [0.25, 0.3) is 0 Å². The molecule has 1 aromatic rings. The van der Waals surface area contributed by atoms with Crippen molar-refractivity contribution in [1.29, 1.82) is 0 Å². The number of hydrogen-bond donors (Lipinski definition) is 1. The molecule has 0 aromatic heterocycles. The summed E-state index contributed by atoms with van der Waals surface area (Å²) in [6.45, 7) is 0.647. The summed E-state index contributed by atoms with van der Waals surface area (Å²) in [4.78, 5) is 26.1. The summed E-state index contributed by atoms with van der Waals surface area (Å²) in [6, 6.07) is 6.66. The van der Waals surface area contributed by atoms with Crippen LogP contribution in [0.2, 0.25) is 5.02 Å². The number of allylic oxidation sites excluding steroid dienone is 2. The van der Waals surface area contributed by atoms with Gasteiger partial charge in [-0.3, -0.25) is 19.8 Å². The van der Waals surface area contributed by atoms with E-state index in [0.717, 1.165) is 18.4 Å². The molecule has 7 heteroatoms. The van der Waals surface area contributed by atoms with Gasteiger partial charge >= 0.3 is 0 Å². The topological polar surface area (TPSA) is 58.6 Å². The first kappa shape index (κ1) is 15.7. The number of halogens is 1. The van der Waals surface area contributed by atoms with Gasteiger partial charge in [-0.15, -0.1) is 0 Å². The summed E-state index contributed by atoms with van der Waals surface area (Å²) in [5.41, 5.74) is 1.38. The van der Waals surface area contributed by atoms with Crippen LogP contribution in [0.5, 0.6) is 0 Å². The lowest BCUT2D eigenvalue weighted by Gasteiger charge is -2.29. The fourth-order valence-electron chi connectivity index (χ4n) is 2.36. The number of carbonyl (C=O) groups is 2. The zero-order chi connectivity index (χ0) is 16.4. The third-order valence-corrected chi connectivity index (χ3v) is 4.02. The lowest BCUT2D eigenvalue weighted by molar-refractivity contribution is -0.122. The van der Waals surface area contributed by atoms with E-state index in [1.165, 1.54) is 4.90 Å². The van der Waals surface area contributed by atoms with Crippen LogP contribution in [0.4, 0.5) is 5.69 Å². The lowest BCUT2D eigenvalue weighted by atomic mass is 10.0. The number of rotatable bonds is 2. The summed E-state index contributed by atoms with van der Waals surface area (Å²) >= 11 is 11.0. The Labute approximate surface area is 143 Å². The van der Waals surface area contributed by atoms with Crippen molar-refractivity contribution < 1.29 is 14.3 Å². The molecule has 5 nitrogen and oxygen atoms in total. The molecule has 1 fully saturated rings. The second-order valence-corrected chi connectivity index (χ2v) is 5.92. The highest BCUT2D eigenvalue weighted by molar-refractivity contribution is 7.80. The SMILES string of the molecule is O=C1NC(=S)N(c2ccc(Cl)cc2)C(=O)C1=CC1=COCCC1. The fraction of sp³-hybridized carbons (Fsp3) is 0.188. The van der Waals surface area contributed by atoms with Crippen LogP contribution in [0, 0.1) is 0 Å². The number of hydrogen-bond acceptors (Lipinski definition) is 4. The highest BCUT2D eigenvalue weighted by Gasteiger charge is 2.34. The van der Waals surface area contributed by atoms with Crippen molar-refractivity contribution in [1.82, 2.24) is 5.32 Å². The number of carbonyl (C=O) groups excluding carboxylic acids is 2. The van der Waals surface area contributed by atoms with E-state index in [1.807, 2.05) is 0 Å². The second-order valence-electron chi connectivity index (χ2n) is 5.10. The molecule has 0 bridgehead atoms. The van der Waals surface area contributed by atoms with Gasteiger partial charge in [0.15, 0.2) is 5.11 Å². The third kappa shape index (κ3) is 3.28. The average Bonchev–Trinajstić information content (AvgIpc) is 2.54. The van der Waals surface area contributed by atoms with Crippen molar-refractivity contribution in [2.24, 2.45) is 0 Å². The van der Waals surface area contributed by atoms with Crippen LogP contribution in [-0.2, 0) is 14.3 Å². The molecule has 0 spiro atoms. The molecule has 2 aliphatic rings. The molecule has 0 radical (unpaired) electrons. The summed E-state index contributed by atoms with van der Waals surface area (Å²) in [5.74, 6) is -0.968. The van der Waals surface area contributed by atoms with E-state index in [-0.39, 0.29) is 10.7 Å². The minimum atomic E-state index is -0.503. The maximum atomic E-state index is 12.7. The van der Waals surface area contributed by atoms with E-state index >= 15 is 0 Å². The Balaban J connectivity index is 1.95. The molecule has 0 aliphatic carbocycles. The van der Waals surface area contributed by atoms with Crippen LogP contribution < -0.4 is 10.2 Å². The Bertz CT molecular complexity index is 740. The van der Waals surface area contributed by atoms with Crippen molar-refractivity contribution in [2.75, 3.05) is 11.5 Å². The smallest absolute Gasteiger partial charge is 0.270 e. The van der Waals surface area contributed by atoms with E-state index in [1.54, 1.807) is 36.6 Å². The van der Waals surface area contributed by atoms with Gasteiger partial charge in [0.1, 0.15) is 5.57 Å². The third-order valence-electron chi connectivity index (χ3n) is 3.48. The van der Waals surface area contributed by atoms with Gasteiger partial charge in [0.2, 0.25) is 0 Å². The second kappa shape index (κ2) is 6.52. The Kier molecular flexibility index (Phi) is 4.45. The van der Waals surface area contributed by atoms with E-state index in [2.05, 4.69) is 5.32 Å². The van der Waals surface area contributed by atoms with E-state index in [4.69, 9.17) is 28.6 Å². The summed E-state index contributed by atoms with van der Waals surface area (Å²) in [6.07, 6.45) is 4.75. The molecule has 1 aromatic carbocycles. The molecular formula is C16H13ClN2O3S. The first-order chi connectivity index (χ1) is 11.1. The highest BCUT2D eigenvalue weighted by atomic mass is 35.5. The predicted octanol–water partition coefficient (Wildman–Crippen LogP) is 2.71. The predicted molar refractivity (Wildman–Crippen MR) is 91.0 cm³/mol. The Morgan fingerprint density at radius 1 is 1.26 bits per heavy atom. The maximum Gasteiger partial charge on any atom is 0.270 e. The summed E-state index contributed by atoms with van der Waals surface area (Å²) in [5, 5.41) is 3.14. The van der Waals surface area contributed by atoms with E-state index in [0.29, 0.717) is 17.3 Å². The number of anilines is 1. The summed E-state index contributed by atoms with van der Waals surface area (Å²) < 4.78 is 5.24. The molecule has 2 aliphatic heterocycles. The van der Waals surface area contributed by atoms with Crippen molar-refractivity contribution in [3.05, 3.63) is 52.8 Å². The molecule has 2 amide bonds. The molecule has 3 rings (SSSR count). The Hall–Kier alpha value is -2.18. The largest absolute Gasteiger partial charge is 0.501 e. The average molecular weight is 349 g/mol. The van der Waals surface area contributed by atoms with Gasteiger partial charge in [-0.2, -0.15) is 0 Å². The van der Waals surface area contributed by atoms with E-state index in [9.17, 15) is 9.59 Å². The number of amides is 2. The van der Waals surface area contributed by atoms with Gasteiger partial charge in [0, 0.05) is 5.02 Å². The van der Waals surface area contributed by atoms with Gasteiger partial charge in [-0.1, -0.05) is 11.6 Å². The first-order valence-corrected chi connectivity index (χ1v) is 7.82. The molecule has 1 N–H and O–H groups in total. The van der Waals surface area contributed by atoms with Crippen molar-refractivity contribution in [3.8, 4) is 0 Å². The van der Waals surface area contributed by atoms with Crippen LogP contribution in [0.3, 0.4) is 0 Å². The number of thiocarbonyl (C=S) groups is 1. The standard InChI is InChI=1S/C16H13ClN2O3S/c17-11-3-5-12(6-4-11)19-15(21)13(14(20)18-16(19)23)8-10-2-1-7-22-9-10/h3-6,8-9H,1-2,7H2,(H,18,20,23). The Morgan fingerprint density at radius 2 is 2.00 bits per heavy atom. The quantitative estimate of drug-likeness (QED) is 0.507. The van der Waals surface area contributed by atoms with Gasteiger partial charge in [0.25, 0.3) is 11.8 Å². The van der Waals surface area contributed by atoms with Gasteiger partial charge in [-0.05, 0) is 61.0 Å². The van der Waals surface area contributed by atoms with Crippen LogP contribution in [0.15, 0.2) is 47.7 Å². The number of benzene rings is 1. The lowest BCUT2D eigenvalue weighted by Crippen LogP contribution is -2.54. The van der Waals surface area contributed by atoms with Crippen molar-refractivity contribution >= 4 is 46.4 Å². The highest BCUT2D eigenvalue weighted by Crippen LogP contribution is 2.24. The molecule has 0 atom stereocenters. The molecule has 23 heavy (non-hydrogen) atoms. The van der Waals surface area contributed by atoms with Gasteiger partial charge in [0.05, 0.1) is 18.6 Å². The number of nitrogens with one attached hydrogen (secondary N) is 1. The molecule has 0 unspecified atom stereocenters. The van der Waals surface area contributed by atoms with Crippen molar-refractivity contribution in [3.63, 3.8) is 0 Å². The zero-order valence-corrected chi connectivity index (χ0v) is 13.6. The van der Waals surface area contributed by atoms with Crippen molar-refractivity contribution in [2.45, 2.75) is 12.8 Å². The van der Waals surface area contributed by atoms with E-state index < -0.39 is 11.8 Å². The number of ether oxygens (including phenoxy) is 1. The minimum absolute atomic E-state index is 0.0327. The normalized spacial score (nSPS) is 20.2. The van der Waals surface area contributed by atoms with Crippen LogP contribution >= 0.6 is 23.8 Å². The minimum Gasteiger partial charge on any atom is -0.501 e. The first-order valence-electron chi connectivity index (χ1n) is 7.04. The zero-order valence-electron chi connectivity index (χ0n) is 12.0. The monoisotopic (exact) mass is 348 g/mol. The fourth-order valence-corrected chi connectivity index (χ4v) is 2.77. The Morgan fingerprint density at radius 3 is 2.65 bits per heavy atom. The molecule has 118 valence electrons. The van der Waals surface area contributed by atoms with Gasteiger partial charge in [-0.25, -0.2) is 0 Å². The van der Waals surface area contributed by atoms with Gasteiger partial charge < -0.3 is 4.74 Å². The maximum absolute atomic E-state index is 12.7. The molecule has 1 saturated heterocycles. The van der Waals surface area contributed by atoms with Crippen LogP contribution in [0.1, 0.15) is 12.8 Å².